The predicted molar refractivity (Wildman–Crippen MR) is 99.3 cm³/mol. The highest BCUT2D eigenvalue weighted by atomic mass is 35.5. The van der Waals surface area contributed by atoms with E-state index in [4.69, 9.17) is 28.0 Å². The SMILES string of the molecule is CCSc1ccc(C2=NOC(c3cc(Cl)cc(Cl)c3)(C(F)(F)F)C2)cc1. The summed E-state index contributed by atoms with van der Waals surface area (Å²) in [5.41, 5.74) is -1.95. The minimum absolute atomic E-state index is 0.106. The lowest BCUT2D eigenvalue weighted by molar-refractivity contribution is -0.275. The highest BCUT2D eigenvalue weighted by Gasteiger charge is 2.62. The molecule has 1 aliphatic heterocycles. The van der Waals surface area contributed by atoms with Crippen molar-refractivity contribution < 1.29 is 18.0 Å². The zero-order chi connectivity index (χ0) is 18.9. The van der Waals surface area contributed by atoms with Gasteiger partial charge in [-0.15, -0.1) is 11.8 Å². The summed E-state index contributed by atoms with van der Waals surface area (Å²) in [6, 6.07) is 11.0. The van der Waals surface area contributed by atoms with Crippen LogP contribution in [0.2, 0.25) is 10.0 Å². The van der Waals surface area contributed by atoms with Crippen molar-refractivity contribution in [2.24, 2.45) is 5.16 Å². The number of hydrogen-bond donors (Lipinski definition) is 0. The Kier molecular flexibility index (Phi) is 5.47. The molecule has 0 N–H and O–H groups in total. The molecule has 1 atom stereocenters. The number of benzene rings is 2. The van der Waals surface area contributed by atoms with E-state index in [0.717, 1.165) is 10.6 Å². The van der Waals surface area contributed by atoms with E-state index in [1.807, 2.05) is 19.1 Å². The van der Waals surface area contributed by atoms with Crippen molar-refractivity contribution in [1.82, 2.24) is 0 Å². The topological polar surface area (TPSA) is 21.6 Å². The summed E-state index contributed by atoms with van der Waals surface area (Å²) >= 11 is 13.4. The van der Waals surface area contributed by atoms with Crippen molar-refractivity contribution in [3.63, 3.8) is 0 Å². The fraction of sp³-hybridized carbons (Fsp3) is 0.278. The average Bonchev–Trinajstić information content (AvgIpc) is 3.01. The Morgan fingerprint density at radius 3 is 2.27 bits per heavy atom. The van der Waals surface area contributed by atoms with Gasteiger partial charge in [0.1, 0.15) is 0 Å². The molecule has 0 amide bonds. The van der Waals surface area contributed by atoms with E-state index in [1.165, 1.54) is 18.2 Å². The summed E-state index contributed by atoms with van der Waals surface area (Å²) in [7, 11) is 0. The van der Waals surface area contributed by atoms with Gasteiger partial charge >= 0.3 is 6.18 Å². The molecule has 26 heavy (non-hydrogen) atoms. The minimum atomic E-state index is -4.69. The second-order valence-corrected chi connectivity index (χ2v) is 7.96. The van der Waals surface area contributed by atoms with Gasteiger partial charge in [0.15, 0.2) is 0 Å². The summed E-state index contributed by atoms with van der Waals surface area (Å²) in [5.74, 6) is 0.913. The Bertz CT molecular complexity index is 819. The van der Waals surface area contributed by atoms with Crippen molar-refractivity contribution in [3.8, 4) is 0 Å². The standard InChI is InChI=1S/C18H14Cl2F3NOS/c1-2-26-15-5-3-11(4-6-15)16-10-17(25-24-16,18(21,22)23)12-7-13(19)9-14(20)8-12/h3-9H,2,10H2,1H3. The lowest BCUT2D eigenvalue weighted by Gasteiger charge is -2.29. The third kappa shape index (κ3) is 3.68. The maximum atomic E-state index is 13.9. The molecule has 0 aliphatic carbocycles. The van der Waals surface area contributed by atoms with Crippen molar-refractivity contribution in [2.75, 3.05) is 5.75 Å². The Balaban J connectivity index is 1.95. The zero-order valence-electron chi connectivity index (χ0n) is 13.6. The average molecular weight is 420 g/mol. The van der Waals surface area contributed by atoms with Gasteiger partial charge in [0, 0.05) is 26.9 Å². The second kappa shape index (κ2) is 7.33. The molecule has 2 aromatic rings. The lowest BCUT2D eigenvalue weighted by atomic mass is 9.86. The van der Waals surface area contributed by atoms with E-state index < -0.39 is 18.2 Å². The number of oxime groups is 1. The van der Waals surface area contributed by atoms with Gasteiger partial charge in [0.05, 0.1) is 5.71 Å². The molecular weight excluding hydrogens is 406 g/mol. The van der Waals surface area contributed by atoms with E-state index in [2.05, 4.69) is 5.16 Å². The van der Waals surface area contributed by atoms with Crippen LogP contribution in [0.5, 0.6) is 0 Å². The third-order valence-electron chi connectivity index (χ3n) is 4.01. The van der Waals surface area contributed by atoms with Crippen molar-refractivity contribution >= 4 is 40.7 Å². The van der Waals surface area contributed by atoms with Crippen molar-refractivity contribution in [3.05, 3.63) is 63.6 Å². The summed E-state index contributed by atoms with van der Waals surface area (Å²) in [4.78, 5) is 6.03. The first-order valence-electron chi connectivity index (χ1n) is 7.77. The smallest absolute Gasteiger partial charge is 0.374 e. The fourth-order valence-electron chi connectivity index (χ4n) is 2.76. The highest BCUT2D eigenvalue weighted by Crippen LogP contribution is 2.49. The van der Waals surface area contributed by atoms with E-state index in [9.17, 15) is 13.2 Å². The van der Waals surface area contributed by atoms with Crippen LogP contribution in [0, 0.1) is 0 Å². The monoisotopic (exact) mass is 419 g/mol. The maximum absolute atomic E-state index is 13.9. The van der Waals surface area contributed by atoms with Gasteiger partial charge in [-0.1, -0.05) is 47.4 Å². The quantitative estimate of drug-likeness (QED) is 0.514. The molecule has 3 rings (SSSR count). The van der Waals surface area contributed by atoms with Crippen LogP contribution in [0.3, 0.4) is 0 Å². The van der Waals surface area contributed by atoms with E-state index >= 15 is 0 Å². The molecule has 1 unspecified atom stereocenters. The Morgan fingerprint density at radius 2 is 1.73 bits per heavy atom. The summed E-state index contributed by atoms with van der Waals surface area (Å²) in [6.45, 7) is 2.03. The highest BCUT2D eigenvalue weighted by molar-refractivity contribution is 7.99. The molecule has 0 fully saturated rings. The Labute approximate surface area is 163 Å². The summed E-state index contributed by atoms with van der Waals surface area (Å²) < 4.78 is 41.8. The molecule has 0 aromatic heterocycles. The van der Waals surface area contributed by atoms with Crippen LogP contribution >= 0.6 is 35.0 Å². The predicted octanol–water partition coefficient (Wildman–Crippen LogP) is 6.69. The maximum Gasteiger partial charge on any atom is 0.435 e. The molecule has 0 saturated carbocycles. The van der Waals surface area contributed by atoms with Gasteiger partial charge in [0.2, 0.25) is 0 Å². The van der Waals surface area contributed by atoms with Gasteiger partial charge in [-0.05, 0) is 41.6 Å². The molecule has 0 radical (unpaired) electrons. The molecule has 0 spiro atoms. The van der Waals surface area contributed by atoms with E-state index in [-0.39, 0.29) is 21.3 Å². The summed E-state index contributed by atoms with van der Waals surface area (Å²) in [6.07, 6.45) is -5.14. The molecule has 8 heteroatoms. The van der Waals surface area contributed by atoms with Crippen LogP contribution < -0.4 is 0 Å². The fourth-order valence-corrected chi connectivity index (χ4v) is 3.94. The first-order chi connectivity index (χ1) is 12.2. The number of alkyl halides is 3. The normalized spacial score (nSPS) is 20.0. The van der Waals surface area contributed by atoms with Crippen molar-refractivity contribution in [2.45, 2.75) is 30.0 Å². The second-order valence-electron chi connectivity index (χ2n) is 5.75. The lowest BCUT2D eigenvalue weighted by Crippen LogP contribution is -2.42. The number of nitrogens with zero attached hydrogens (tertiary/aromatic N) is 1. The minimum Gasteiger partial charge on any atom is -0.374 e. The molecule has 0 bridgehead atoms. The van der Waals surface area contributed by atoms with Gasteiger partial charge < -0.3 is 4.84 Å². The van der Waals surface area contributed by atoms with Gasteiger partial charge in [0.25, 0.3) is 5.60 Å². The van der Waals surface area contributed by atoms with Crippen LogP contribution in [0.4, 0.5) is 13.2 Å². The van der Waals surface area contributed by atoms with E-state index in [0.29, 0.717) is 5.56 Å². The number of rotatable bonds is 4. The first kappa shape index (κ1) is 19.4. The number of hydrogen-bond acceptors (Lipinski definition) is 3. The first-order valence-corrected chi connectivity index (χ1v) is 9.51. The van der Waals surface area contributed by atoms with Crippen LogP contribution in [-0.2, 0) is 10.4 Å². The molecule has 1 heterocycles. The largest absolute Gasteiger partial charge is 0.435 e. The zero-order valence-corrected chi connectivity index (χ0v) is 15.9. The van der Waals surface area contributed by atoms with Crippen LogP contribution in [0.1, 0.15) is 24.5 Å². The molecule has 2 nitrogen and oxygen atoms in total. The van der Waals surface area contributed by atoms with Crippen LogP contribution in [0.25, 0.3) is 0 Å². The molecule has 138 valence electrons. The molecule has 1 aliphatic rings. The van der Waals surface area contributed by atoms with E-state index in [1.54, 1.807) is 23.9 Å². The Hall–Kier alpha value is -1.37. The third-order valence-corrected chi connectivity index (χ3v) is 5.34. The molecule has 2 aromatic carbocycles. The molecule has 0 saturated heterocycles. The summed E-state index contributed by atoms with van der Waals surface area (Å²) in [5, 5.41) is 3.95. The Morgan fingerprint density at radius 1 is 1.12 bits per heavy atom. The molecular formula is C18H14Cl2F3NOS. The number of thioether (sulfide) groups is 1. The van der Waals surface area contributed by atoms with Gasteiger partial charge in [-0.2, -0.15) is 13.2 Å². The van der Waals surface area contributed by atoms with Gasteiger partial charge in [-0.25, -0.2) is 0 Å². The van der Waals surface area contributed by atoms with Crippen molar-refractivity contribution in [1.29, 1.82) is 0 Å². The van der Waals surface area contributed by atoms with Crippen LogP contribution in [0.15, 0.2) is 52.5 Å². The van der Waals surface area contributed by atoms with Crippen LogP contribution in [-0.4, -0.2) is 17.6 Å². The number of halogens is 5. The van der Waals surface area contributed by atoms with Gasteiger partial charge in [-0.3, -0.25) is 0 Å².